The molecule has 0 spiro atoms. The van der Waals surface area contributed by atoms with E-state index in [1.165, 1.54) is 0 Å². The number of pyridine rings is 1. The lowest BCUT2D eigenvalue weighted by molar-refractivity contribution is 0.102. The molecule has 1 amide bonds. The second-order valence-corrected chi connectivity index (χ2v) is 6.45. The first-order valence-corrected chi connectivity index (χ1v) is 8.13. The number of benzene rings is 2. The summed E-state index contributed by atoms with van der Waals surface area (Å²) in [5, 5.41) is 3.91. The molecule has 0 atom stereocenters. The number of fused-ring (bicyclic) bond motifs is 1. The molecule has 1 heterocycles. The Labute approximate surface area is 144 Å². The van der Waals surface area contributed by atoms with E-state index in [-0.39, 0.29) is 5.91 Å². The Hall–Kier alpha value is -1.47. The van der Waals surface area contributed by atoms with Gasteiger partial charge in [0.15, 0.2) is 0 Å². The Balaban J connectivity index is 2.01. The number of amides is 1. The fourth-order valence-electron chi connectivity index (χ4n) is 2.07. The molecule has 0 saturated carbocycles. The number of hydrogen-bond donors (Lipinski definition) is 1. The predicted octanol–water partition coefficient (Wildman–Crippen LogP) is 4.85. The minimum atomic E-state index is -0.130. The van der Waals surface area contributed by atoms with Crippen molar-refractivity contribution in [1.82, 2.24) is 4.98 Å². The number of anilines is 1. The van der Waals surface area contributed by atoms with E-state index in [1.807, 2.05) is 48.5 Å². The van der Waals surface area contributed by atoms with Crippen molar-refractivity contribution in [2.45, 2.75) is 0 Å². The highest BCUT2D eigenvalue weighted by atomic mass is 127. The summed E-state index contributed by atoms with van der Waals surface area (Å²) in [5.41, 5.74) is 2.13. The van der Waals surface area contributed by atoms with E-state index in [4.69, 9.17) is 0 Å². The standard InChI is InChI=1S/C16H10BrIN2O/c17-12-7-8-14(15-10(12)5-3-9-19-15)20-16(21)11-4-1-2-6-13(11)18/h1-9H,(H,20,21). The molecular formula is C16H10BrIN2O. The van der Waals surface area contributed by atoms with Gasteiger partial charge in [0, 0.05) is 19.6 Å². The lowest BCUT2D eigenvalue weighted by Gasteiger charge is -2.10. The minimum absolute atomic E-state index is 0.130. The molecule has 1 aromatic heterocycles. The Morgan fingerprint density at radius 1 is 1.10 bits per heavy atom. The fourth-order valence-corrected chi connectivity index (χ4v) is 3.16. The number of nitrogens with one attached hydrogen (secondary N) is 1. The van der Waals surface area contributed by atoms with Crippen molar-refractivity contribution >= 4 is 61.0 Å². The van der Waals surface area contributed by atoms with Crippen molar-refractivity contribution in [1.29, 1.82) is 0 Å². The zero-order chi connectivity index (χ0) is 14.8. The lowest BCUT2D eigenvalue weighted by Crippen LogP contribution is -2.13. The molecule has 0 aliphatic heterocycles. The molecule has 5 heteroatoms. The van der Waals surface area contributed by atoms with E-state index in [0.29, 0.717) is 11.3 Å². The highest BCUT2D eigenvalue weighted by Gasteiger charge is 2.12. The average Bonchev–Trinajstić information content (AvgIpc) is 2.51. The molecule has 3 aromatic rings. The number of hydrogen-bond acceptors (Lipinski definition) is 2. The van der Waals surface area contributed by atoms with Crippen LogP contribution in [-0.4, -0.2) is 10.9 Å². The third-order valence-electron chi connectivity index (χ3n) is 3.08. The van der Waals surface area contributed by atoms with Crippen LogP contribution >= 0.6 is 38.5 Å². The van der Waals surface area contributed by atoms with Gasteiger partial charge in [-0.2, -0.15) is 0 Å². The topological polar surface area (TPSA) is 42.0 Å². The zero-order valence-corrected chi connectivity index (χ0v) is 14.6. The van der Waals surface area contributed by atoms with Gasteiger partial charge >= 0.3 is 0 Å². The van der Waals surface area contributed by atoms with Crippen LogP contribution in [0.25, 0.3) is 10.9 Å². The SMILES string of the molecule is O=C(Nc1ccc(Br)c2cccnc12)c1ccccc1I. The third kappa shape index (κ3) is 2.94. The maximum absolute atomic E-state index is 12.4. The predicted molar refractivity (Wildman–Crippen MR) is 96.6 cm³/mol. The monoisotopic (exact) mass is 452 g/mol. The molecule has 0 aliphatic carbocycles. The first-order valence-electron chi connectivity index (χ1n) is 6.26. The van der Waals surface area contributed by atoms with Crippen molar-refractivity contribution < 1.29 is 4.79 Å². The largest absolute Gasteiger partial charge is 0.320 e. The van der Waals surface area contributed by atoms with Gasteiger partial charge in [0.25, 0.3) is 5.91 Å². The van der Waals surface area contributed by atoms with E-state index < -0.39 is 0 Å². The maximum atomic E-state index is 12.4. The van der Waals surface area contributed by atoms with E-state index in [0.717, 1.165) is 18.9 Å². The first-order chi connectivity index (χ1) is 10.2. The van der Waals surface area contributed by atoms with Crippen molar-refractivity contribution in [2.75, 3.05) is 5.32 Å². The molecule has 3 nitrogen and oxygen atoms in total. The zero-order valence-electron chi connectivity index (χ0n) is 10.8. The quantitative estimate of drug-likeness (QED) is 0.564. The van der Waals surface area contributed by atoms with Crippen LogP contribution in [0.15, 0.2) is 59.2 Å². The van der Waals surface area contributed by atoms with Crippen LogP contribution in [0.5, 0.6) is 0 Å². The van der Waals surface area contributed by atoms with E-state index in [1.54, 1.807) is 6.20 Å². The summed E-state index contributed by atoms with van der Waals surface area (Å²) in [5.74, 6) is -0.130. The third-order valence-corrected chi connectivity index (χ3v) is 4.72. The second kappa shape index (κ2) is 6.11. The normalized spacial score (nSPS) is 10.6. The Morgan fingerprint density at radius 2 is 1.90 bits per heavy atom. The second-order valence-electron chi connectivity index (χ2n) is 4.43. The molecule has 0 fully saturated rings. The molecular weight excluding hydrogens is 443 g/mol. The van der Waals surface area contributed by atoms with Crippen LogP contribution in [0.2, 0.25) is 0 Å². The fraction of sp³-hybridized carbons (Fsp3) is 0. The summed E-state index contributed by atoms with van der Waals surface area (Å²) in [6.45, 7) is 0. The van der Waals surface area contributed by atoms with Crippen molar-refractivity contribution in [3.05, 3.63) is 68.3 Å². The van der Waals surface area contributed by atoms with Gasteiger partial charge in [0.1, 0.15) is 0 Å². The maximum Gasteiger partial charge on any atom is 0.256 e. The Morgan fingerprint density at radius 3 is 2.71 bits per heavy atom. The highest BCUT2D eigenvalue weighted by molar-refractivity contribution is 14.1. The summed E-state index contributed by atoms with van der Waals surface area (Å²) < 4.78 is 1.87. The molecule has 0 saturated heterocycles. The average molecular weight is 453 g/mol. The molecule has 0 radical (unpaired) electrons. The van der Waals surface area contributed by atoms with E-state index in [2.05, 4.69) is 48.8 Å². The molecule has 0 bridgehead atoms. The van der Waals surface area contributed by atoms with Gasteiger partial charge in [0.05, 0.1) is 16.8 Å². The number of aromatic nitrogens is 1. The van der Waals surface area contributed by atoms with Crippen LogP contribution in [-0.2, 0) is 0 Å². The Kier molecular flexibility index (Phi) is 4.21. The minimum Gasteiger partial charge on any atom is -0.320 e. The number of carbonyl (C=O) groups is 1. The summed E-state index contributed by atoms with van der Waals surface area (Å²) in [4.78, 5) is 16.8. The van der Waals surface area contributed by atoms with Crippen LogP contribution in [0.4, 0.5) is 5.69 Å². The Bertz CT molecular complexity index is 835. The van der Waals surface area contributed by atoms with Crippen LogP contribution in [0, 0.1) is 3.57 Å². The smallest absolute Gasteiger partial charge is 0.256 e. The van der Waals surface area contributed by atoms with Gasteiger partial charge in [-0.25, -0.2) is 0 Å². The van der Waals surface area contributed by atoms with Gasteiger partial charge in [0.2, 0.25) is 0 Å². The summed E-state index contributed by atoms with van der Waals surface area (Å²) in [6, 6.07) is 15.1. The molecule has 1 N–H and O–H groups in total. The van der Waals surface area contributed by atoms with E-state index in [9.17, 15) is 4.79 Å². The van der Waals surface area contributed by atoms with Crippen molar-refractivity contribution in [3.63, 3.8) is 0 Å². The number of nitrogens with zero attached hydrogens (tertiary/aromatic N) is 1. The van der Waals surface area contributed by atoms with E-state index >= 15 is 0 Å². The van der Waals surface area contributed by atoms with Gasteiger partial charge in [-0.05, 0) is 52.9 Å². The van der Waals surface area contributed by atoms with Gasteiger partial charge in [-0.3, -0.25) is 9.78 Å². The van der Waals surface area contributed by atoms with Crippen LogP contribution in [0.1, 0.15) is 10.4 Å². The van der Waals surface area contributed by atoms with Crippen molar-refractivity contribution in [3.8, 4) is 0 Å². The molecule has 3 rings (SSSR count). The number of carbonyl (C=O) groups excluding carboxylic acids is 1. The number of halogens is 2. The molecule has 0 unspecified atom stereocenters. The first kappa shape index (κ1) is 14.5. The summed E-state index contributed by atoms with van der Waals surface area (Å²) in [7, 11) is 0. The van der Waals surface area contributed by atoms with Gasteiger partial charge in [-0.1, -0.05) is 34.1 Å². The van der Waals surface area contributed by atoms with Crippen LogP contribution in [0.3, 0.4) is 0 Å². The van der Waals surface area contributed by atoms with Gasteiger partial charge in [-0.15, -0.1) is 0 Å². The molecule has 2 aromatic carbocycles. The van der Waals surface area contributed by atoms with Gasteiger partial charge < -0.3 is 5.32 Å². The summed E-state index contributed by atoms with van der Waals surface area (Å²) in [6.07, 6.45) is 1.72. The lowest BCUT2D eigenvalue weighted by atomic mass is 10.1. The molecule has 0 aliphatic rings. The number of rotatable bonds is 2. The molecule has 104 valence electrons. The van der Waals surface area contributed by atoms with Crippen molar-refractivity contribution in [2.24, 2.45) is 0 Å². The molecule has 21 heavy (non-hydrogen) atoms. The summed E-state index contributed by atoms with van der Waals surface area (Å²) >= 11 is 5.66. The highest BCUT2D eigenvalue weighted by Crippen LogP contribution is 2.28. The van der Waals surface area contributed by atoms with Crippen LogP contribution < -0.4 is 5.32 Å².